The molecule has 0 radical (unpaired) electrons. The van der Waals surface area contributed by atoms with Crippen molar-refractivity contribution in [1.82, 2.24) is 9.97 Å². The maximum Gasteiger partial charge on any atom is 0.328 e. The molecule has 5 nitrogen and oxygen atoms in total. The van der Waals surface area contributed by atoms with Crippen LogP contribution in [0, 0.1) is 6.92 Å². The molecule has 0 saturated heterocycles. The largest absolute Gasteiger partial charge is 0.464 e. The molecule has 1 rings (SSSR count). The van der Waals surface area contributed by atoms with Gasteiger partial charge in [-0.05, 0) is 26.3 Å². The number of aryl methyl sites for hydroxylation is 1. The number of hydrogen-bond acceptors (Lipinski definition) is 5. The standard InChI is InChI=1S/C10H15N3O2/c1-4-15-9(14)8(3)13-10-11-5-7(2)6-12-10/h5-6,8H,4H2,1-3H3,(H,11,12,13). The van der Waals surface area contributed by atoms with Gasteiger partial charge in [-0.2, -0.15) is 0 Å². The third-order valence-electron chi connectivity index (χ3n) is 1.77. The SMILES string of the molecule is CCOC(=O)C(C)Nc1ncc(C)cn1. The highest BCUT2D eigenvalue weighted by Crippen LogP contribution is 2.01. The number of aromatic nitrogens is 2. The Morgan fingerprint density at radius 1 is 1.53 bits per heavy atom. The maximum absolute atomic E-state index is 11.3. The van der Waals surface area contributed by atoms with E-state index in [9.17, 15) is 4.79 Å². The Labute approximate surface area is 88.9 Å². The Morgan fingerprint density at radius 2 is 2.13 bits per heavy atom. The van der Waals surface area contributed by atoms with Crippen molar-refractivity contribution in [2.45, 2.75) is 26.8 Å². The van der Waals surface area contributed by atoms with Crippen LogP contribution in [0.4, 0.5) is 5.95 Å². The molecule has 0 saturated carbocycles. The predicted molar refractivity (Wildman–Crippen MR) is 56.5 cm³/mol. The fraction of sp³-hybridized carbons (Fsp3) is 0.500. The first kappa shape index (κ1) is 11.4. The van der Waals surface area contributed by atoms with E-state index in [0.29, 0.717) is 12.6 Å². The maximum atomic E-state index is 11.3. The van der Waals surface area contributed by atoms with E-state index in [-0.39, 0.29) is 5.97 Å². The summed E-state index contributed by atoms with van der Waals surface area (Å²) < 4.78 is 4.84. The quantitative estimate of drug-likeness (QED) is 0.753. The lowest BCUT2D eigenvalue weighted by Gasteiger charge is -2.11. The van der Waals surface area contributed by atoms with Crippen LogP contribution in [0.1, 0.15) is 19.4 Å². The summed E-state index contributed by atoms with van der Waals surface area (Å²) in [5, 5.41) is 2.86. The van der Waals surface area contributed by atoms with Gasteiger partial charge in [0.15, 0.2) is 0 Å². The Morgan fingerprint density at radius 3 is 2.67 bits per heavy atom. The zero-order valence-corrected chi connectivity index (χ0v) is 9.15. The van der Waals surface area contributed by atoms with Gasteiger partial charge in [-0.1, -0.05) is 0 Å². The highest BCUT2D eigenvalue weighted by molar-refractivity contribution is 5.78. The van der Waals surface area contributed by atoms with Crippen LogP contribution in [0.15, 0.2) is 12.4 Å². The molecule has 5 heteroatoms. The van der Waals surface area contributed by atoms with Gasteiger partial charge < -0.3 is 10.1 Å². The number of nitrogens with one attached hydrogen (secondary N) is 1. The van der Waals surface area contributed by atoms with Gasteiger partial charge in [-0.25, -0.2) is 14.8 Å². The molecule has 0 aliphatic heterocycles. The molecule has 0 spiro atoms. The van der Waals surface area contributed by atoms with Crippen LogP contribution in [-0.2, 0) is 9.53 Å². The average Bonchev–Trinajstić information content (AvgIpc) is 2.22. The first-order valence-electron chi connectivity index (χ1n) is 4.85. The number of carbonyl (C=O) groups excluding carboxylic acids is 1. The van der Waals surface area contributed by atoms with Gasteiger partial charge in [0, 0.05) is 12.4 Å². The summed E-state index contributed by atoms with van der Waals surface area (Å²) in [7, 11) is 0. The molecule has 0 aliphatic carbocycles. The summed E-state index contributed by atoms with van der Waals surface area (Å²) >= 11 is 0. The second-order valence-electron chi connectivity index (χ2n) is 3.20. The molecule has 0 fully saturated rings. The Kier molecular flexibility index (Phi) is 4.03. The van der Waals surface area contributed by atoms with Crippen molar-refractivity contribution < 1.29 is 9.53 Å². The Bertz CT molecular complexity index is 324. The van der Waals surface area contributed by atoms with Crippen LogP contribution in [0.5, 0.6) is 0 Å². The van der Waals surface area contributed by atoms with Gasteiger partial charge in [-0.3, -0.25) is 0 Å². The molecular formula is C10H15N3O2. The third-order valence-corrected chi connectivity index (χ3v) is 1.77. The first-order valence-corrected chi connectivity index (χ1v) is 4.85. The summed E-state index contributed by atoms with van der Waals surface area (Å²) in [5.41, 5.74) is 0.976. The monoisotopic (exact) mass is 209 g/mol. The van der Waals surface area contributed by atoms with E-state index in [1.807, 2.05) is 6.92 Å². The van der Waals surface area contributed by atoms with Crippen LogP contribution in [-0.4, -0.2) is 28.6 Å². The van der Waals surface area contributed by atoms with Crippen molar-refractivity contribution >= 4 is 11.9 Å². The molecule has 1 aromatic rings. The fourth-order valence-corrected chi connectivity index (χ4v) is 0.987. The van der Waals surface area contributed by atoms with Gasteiger partial charge in [0.1, 0.15) is 6.04 Å². The number of carbonyl (C=O) groups is 1. The van der Waals surface area contributed by atoms with Crippen molar-refractivity contribution in [2.75, 3.05) is 11.9 Å². The summed E-state index contributed by atoms with van der Waals surface area (Å²) in [6.07, 6.45) is 3.38. The highest BCUT2D eigenvalue weighted by atomic mass is 16.5. The second-order valence-corrected chi connectivity index (χ2v) is 3.20. The minimum Gasteiger partial charge on any atom is -0.464 e. The molecular weight excluding hydrogens is 194 g/mol. The van der Waals surface area contributed by atoms with Crippen molar-refractivity contribution in [3.63, 3.8) is 0 Å². The first-order chi connectivity index (χ1) is 7.13. The molecule has 15 heavy (non-hydrogen) atoms. The van der Waals surface area contributed by atoms with Gasteiger partial charge in [-0.15, -0.1) is 0 Å². The van der Waals surface area contributed by atoms with Crippen LogP contribution in [0.2, 0.25) is 0 Å². The molecule has 82 valence electrons. The molecule has 1 aromatic heterocycles. The molecule has 1 unspecified atom stereocenters. The summed E-state index contributed by atoms with van der Waals surface area (Å²) in [6.45, 7) is 5.76. The summed E-state index contributed by atoms with van der Waals surface area (Å²) in [4.78, 5) is 19.3. The number of esters is 1. The highest BCUT2D eigenvalue weighted by Gasteiger charge is 2.14. The van der Waals surface area contributed by atoms with E-state index >= 15 is 0 Å². The molecule has 0 aliphatic rings. The molecule has 1 atom stereocenters. The second kappa shape index (κ2) is 5.29. The van der Waals surface area contributed by atoms with E-state index in [4.69, 9.17) is 4.74 Å². The number of rotatable bonds is 4. The number of ether oxygens (including phenoxy) is 1. The minimum absolute atomic E-state index is 0.304. The van der Waals surface area contributed by atoms with E-state index in [0.717, 1.165) is 5.56 Å². The van der Waals surface area contributed by atoms with Crippen molar-refractivity contribution in [2.24, 2.45) is 0 Å². The topological polar surface area (TPSA) is 64.1 Å². The third kappa shape index (κ3) is 3.53. The number of anilines is 1. The van der Waals surface area contributed by atoms with Crippen LogP contribution < -0.4 is 5.32 Å². The van der Waals surface area contributed by atoms with Gasteiger partial charge in [0.05, 0.1) is 6.61 Å². The molecule has 0 bridgehead atoms. The number of nitrogens with zero attached hydrogens (tertiary/aromatic N) is 2. The molecule has 1 heterocycles. The van der Waals surface area contributed by atoms with E-state index in [1.54, 1.807) is 26.2 Å². The van der Waals surface area contributed by atoms with Gasteiger partial charge in [0.25, 0.3) is 0 Å². The lowest BCUT2D eigenvalue weighted by atomic mass is 10.3. The molecule has 0 aromatic carbocycles. The van der Waals surface area contributed by atoms with Crippen LogP contribution >= 0.6 is 0 Å². The van der Waals surface area contributed by atoms with Gasteiger partial charge in [0.2, 0.25) is 5.95 Å². The van der Waals surface area contributed by atoms with Gasteiger partial charge >= 0.3 is 5.97 Å². The van der Waals surface area contributed by atoms with E-state index in [1.165, 1.54) is 0 Å². The molecule has 0 amide bonds. The summed E-state index contributed by atoms with van der Waals surface area (Å²) in [5.74, 6) is 0.128. The summed E-state index contributed by atoms with van der Waals surface area (Å²) in [6, 6.07) is -0.437. The Balaban J connectivity index is 2.54. The van der Waals surface area contributed by atoms with Crippen LogP contribution in [0.25, 0.3) is 0 Å². The van der Waals surface area contributed by atoms with Crippen molar-refractivity contribution in [3.05, 3.63) is 18.0 Å². The smallest absolute Gasteiger partial charge is 0.328 e. The lowest BCUT2D eigenvalue weighted by Crippen LogP contribution is -2.28. The fourth-order valence-electron chi connectivity index (χ4n) is 0.987. The Hall–Kier alpha value is -1.65. The zero-order valence-electron chi connectivity index (χ0n) is 9.15. The lowest BCUT2D eigenvalue weighted by molar-refractivity contribution is -0.143. The van der Waals surface area contributed by atoms with Crippen molar-refractivity contribution in [3.8, 4) is 0 Å². The molecule has 1 N–H and O–H groups in total. The minimum atomic E-state index is -0.437. The predicted octanol–water partition coefficient (Wildman–Crippen LogP) is 1.15. The number of hydrogen-bond donors (Lipinski definition) is 1. The normalized spacial score (nSPS) is 11.9. The van der Waals surface area contributed by atoms with Crippen molar-refractivity contribution in [1.29, 1.82) is 0 Å². The van der Waals surface area contributed by atoms with E-state index < -0.39 is 6.04 Å². The van der Waals surface area contributed by atoms with Crippen LogP contribution in [0.3, 0.4) is 0 Å². The average molecular weight is 209 g/mol. The zero-order chi connectivity index (χ0) is 11.3. The van der Waals surface area contributed by atoms with E-state index in [2.05, 4.69) is 15.3 Å².